The highest BCUT2D eigenvalue weighted by molar-refractivity contribution is 7.11. The first-order valence-electron chi connectivity index (χ1n) is 9.33. The van der Waals surface area contributed by atoms with Crippen molar-refractivity contribution in [1.82, 2.24) is 9.88 Å². The second-order valence-corrected chi connectivity index (χ2v) is 9.66. The van der Waals surface area contributed by atoms with E-state index < -0.39 is 12.1 Å². The van der Waals surface area contributed by atoms with E-state index in [9.17, 15) is 13.2 Å². The Morgan fingerprint density at radius 3 is 2.67 bits per heavy atom. The quantitative estimate of drug-likeness (QED) is 0.724. The summed E-state index contributed by atoms with van der Waals surface area (Å²) >= 11 is 3.58. The molecule has 30 heavy (non-hydrogen) atoms. The van der Waals surface area contributed by atoms with Crippen LogP contribution >= 0.6 is 22.7 Å². The Labute approximate surface area is 180 Å². The fourth-order valence-corrected chi connectivity index (χ4v) is 5.10. The summed E-state index contributed by atoms with van der Waals surface area (Å²) in [7, 11) is 0. The maximum atomic E-state index is 10.6. The molecule has 6 nitrogen and oxygen atoms in total. The Kier molecular flexibility index (Phi) is 7.51. The van der Waals surface area contributed by atoms with Gasteiger partial charge in [-0.05, 0) is 26.0 Å². The summed E-state index contributed by atoms with van der Waals surface area (Å²) in [5.41, 5.74) is 1.05. The lowest BCUT2D eigenvalue weighted by atomic mass is 10.0. The second-order valence-electron chi connectivity index (χ2n) is 7.22. The summed E-state index contributed by atoms with van der Waals surface area (Å²) < 4.78 is 43.7. The SMILES string of the molecule is Cc1ccc(CN2C[C@@H](OCc3csc(C)n3)[C@H]3COC[C@H]32)s1.O=C(O)C(F)(F)F. The smallest absolute Gasteiger partial charge is 0.475 e. The van der Waals surface area contributed by atoms with Crippen molar-refractivity contribution in [3.63, 3.8) is 0 Å². The maximum absolute atomic E-state index is 10.6. The zero-order valence-electron chi connectivity index (χ0n) is 16.5. The number of carboxylic acids is 1. The van der Waals surface area contributed by atoms with Crippen LogP contribution in [0.5, 0.6) is 0 Å². The predicted octanol–water partition coefficient (Wildman–Crippen LogP) is 3.87. The van der Waals surface area contributed by atoms with Gasteiger partial charge in [0, 0.05) is 40.2 Å². The number of hydrogen-bond acceptors (Lipinski definition) is 7. The molecule has 2 saturated heterocycles. The Hall–Kier alpha value is -1.53. The van der Waals surface area contributed by atoms with E-state index in [1.165, 1.54) is 9.75 Å². The Morgan fingerprint density at radius 1 is 1.37 bits per heavy atom. The lowest BCUT2D eigenvalue weighted by Crippen LogP contribution is -2.31. The third-order valence-electron chi connectivity index (χ3n) is 4.96. The number of likely N-dealkylation sites (tertiary alicyclic amines) is 1. The van der Waals surface area contributed by atoms with Gasteiger partial charge in [0.05, 0.1) is 36.6 Å². The molecule has 0 aromatic carbocycles. The lowest BCUT2D eigenvalue weighted by Gasteiger charge is -2.21. The molecule has 0 unspecified atom stereocenters. The van der Waals surface area contributed by atoms with Gasteiger partial charge in [0.25, 0.3) is 0 Å². The number of hydrogen-bond donors (Lipinski definition) is 1. The first-order valence-corrected chi connectivity index (χ1v) is 11.0. The molecule has 0 spiro atoms. The van der Waals surface area contributed by atoms with Crippen LogP contribution in [0.2, 0.25) is 0 Å². The van der Waals surface area contributed by atoms with Gasteiger partial charge in [0.2, 0.25) is 0 Å². The van der Waals surface area contributed by atoms with E-state index in [1.807, 2.05) is 18.3 Å². The molecule has 2 aliphatic rings. The molecule has 4 rings (SSSR count). The van der Waals surface area contributed by atoms with Gasteiger partial charge in [0.1, 0.15) is 0 Å². The van der Waals surface area contributed by atoms with Gasteiger partial charge in [-0.3, -0.25) is 4.90 Å². The standard InChI is InChI=1S/C17H22N2O2S2.C2HF3O2/c1-11-3-4-14(23-11)5-19-6-17(15-8-20-9-16(15)19)21-7-13-10-22-12(2)18-13;3-2(4,5)1(6)7/h3-4,10,15-17H,5-9H2,1-2H3;(H,6,7)/t15-,16+,17+;/m0./s1. The van der Waals surface area contributed by atoms with Gasteiger partial charge in [-0.1, -0.05) is 0 Å². The minimum absolute atomic E-state index is 0.255. The van der Waals surface area contributed by atoms with Gasteiger partial charge in [-0.2, -0.15) is 13.2 Å². The van der Waals surface area contributed by atoms with Crippen molar-refractivity contribution in [2.24, 2.45) is 5.92 Å². The van der Waals surface area contributed by atoms with Crippen molar-refractivity contribution >= 4 is 28.6 Å². The van der Waals surface area contributed by atoms with E-state index in [0.717, 1.165) is 37.0 Å². The first-order chi connectivity index (χ1) is 14.1. The van der Waals surface area contributed by atoms with Crippen LogP contribution in [0.4, 0.5) is 13.2 Å². The van der Waals surface area contributed by atoms with Crippen molar-refractivity contribution in [2.75, 3.05) is 19.8 Å². The number of carboxylic acid groups (broad SMARTS) is 1. The third kappa shape index (κ3) is 6.01. The molecule has 0 bridgehead atoms. The molecule has 0 amide bonds. The van der Waals surface area contributed by atoms with Crippen LogP contribution in [-0.4, -0.2) is 59.0 Å². The number of fused-ring (bicyclic) bond motifs is 1. The summed E-state index contributed by atoms with van der Waals surface area (Å²) in [5, 5.41) is 10.3. The molecule has 4 heterocycles. The van der Waals surface area contributed by atoms with E-state index in [2.05, 4.69) is 34.3 Å². The third-order valence-corrected chi connectivity index (χ3v) is 6.77. The van der Waals surface area contributed by atoms with Crippen LogP contribution in [0.3, 0.4) is 0 Å². The molecule has 11 heteroatoms. The minimum atomic E-state index is -5.08. The van der Waals surface area contributed by atoms with Crippen LogP contribution in [-0.2, 0) is 27.4 Å². The number of halogens is 3. The molecule has 2 aromatic heterocycles. The van der Waals surface area contributed by atoms with Crippen molar-refractivity contribution in [1.29, 1.82) is 0 Å². The Bertz CT molecular complexity index is 855. The number of aryl methyl sites for hydroxylation is 2. The average Bonchev–Trinajstić information content (AvgIpc) is 3.41. The molecule has 0 aliphatic carbocycles. The van der Waals surface area contributed by atoms with Crippen LogP contribution in [0.25, 0.3) is 0 Å². The van der Waals surface area contributed by atoms with Crippen LogP contribution < -0.4 is 0 Å². The Balaban J connectivity index is 0.000000318. The number of thiophene rings is 1. The van der Waals surface area contributed by atoms with Crippen LogP contribution in [0, 0.1) is 19.8 Å². The highest BCUT2D eigenvalue weighted by Crippen LogP contribution is 2.34. The number of aromatic nitrogens is 1. The molecular weight excluding hydrogens is 441 g/mol. The zero-order chi connectivity index (χ0) is 21.9. The maximum Gasteiger partial charge on any atom is 0.490 e. The molecule has 3 atom stereocenters. The lowest BCUT2D eigenvalue weighted by molar-refractivity contribution is -0.192. The van der Waals surface area contributed by atoms with E-state index >= 15 is 0 Å². The van der Waals surface area contributed by atoms with Crippen molar-refractivity contribution < 1.29 is 32.5 Å². The second kappa shape index (κ2) is 9.73. The van der Waals surface area contributed by atoms with Gasteiger partial charge < -0.3 is 14.6 Å². The first kappa shape index (κ1) is 23.1. The normalized spacial score (nSPS) is 23.8. The number of alkyl halides is 3. The van der Waals surface area contributed by atoms with Crippen molar-refractivity contribution in [3.05, 3.63) is 38.0 Å². The molecule has 2 aromatic rings. The van der Waals surface area contributed by atoms with Gasteiger partial charge in [-0.15, -0.1) is 22.7 Å². The number of ether oxygens (including phenoxy) is 2. The van der Waals surface area contributed by atoms with Crippen molar-refractivity contribution in [2.45, 2.75) is 45.3 Å². The molecule has 1 N–H and O–H groups in total. The zero-order valence-corrected chi connectivity index (χ0v) is 18.1. The van der Waals surface area contributed by atoms with Crippen molar-refractivity contribution in [3.8, 4) is 0 Å². The summed E-state index contributed by atoms with van der Waals surface area (Å²) in [6, 6.07) is 4.95. The number of carbonyl (C=O) groups is 1. The number of thiazole rings is 1. The summed E-state index contributed by atoms with van der Waals surface area (Å²) in [6.07, 6.45) is -4.83. The van der Waals surface area contributed by atoms with Crippen LogP contribution in [0.1, 0.15) is 20.5 Å². The molecular formula is C19H23F3N2O4S2. The molecule has 0 radical (unpaired) electrons. The number of rotatable bonds is 5. The highest BCUT2D eigenvalue weighted by Gasteiger charge is 2.46. The van der Waals surface area contributed by atoms with E-state index in [0.29, 0.717) is 18.6 Å². The largest absolute Gasteiger partial charge is 0.490 e. The molecule has 166 valence electrons. The molecule has 2 aliphatic heterocycles. The monoisotopic (exact) mass is 464 g/mol. The molecule has 2 fully saturated rings. The van der Waals surface area contributed by atoms with E-state index in [4.69, 9.17) is 19.4 Å². The fraction of sp³-hybridized carbons (Fsp3) is 0.579. The summed E-state index contributed by atoms with van der Waals surface area (Å²) in [4.78, 5) is 18.7. The molecule has 0 saturated carbocycles. The van der Waals surface area contributed by atoms with Crippen LogP contribution in [0.15, 0.2) is 17.5 Å². The van der Waals surface area contributed by atoms with Gasteiger partial charge in [-0.25, -0.2) is 9.78 Å². The van der Waals surface area contributed by atoms with E-state index in [1.54, 1.807) is 11.3 Å². The Morgan fingerprint density at radius 2 is 2.10 bits per heavy atom. The number of aliphatic carboxylic acids is 1. The van der Waals surface area contributed by atoms with E-state index in [-0.39, 0.29) is 6.10 Å². The average molecular weight is 465 g/mol. The van der Waals surface area contributed by atoms with Gasteiger partial charge >= 0.3 is 12.1 Å². The minimum Gasteiger partial charge on any atom is -0.475 e. The fourth-order valence-electron chi connectivity index (χ4n) is 3.59. The van der Waals surface area contributed by atoms with Gasteiger partial charge in [0.15, 0.2) is 0 Å². The predicted molar refractivity (Wildman–Crippen MR) is 107 cm³/mol. The summed E-state index contributed by atoms with van der Waals surface area (Å²) in [6.45, 7) is 8.49. The number of nitrogens with zero attached hydrogens (tertiary/aromatic N) is 2. The summed E-state index contributed by atoms with van der Waals surface area (Å²) in [5.74, 6) is -2.26. The highest BCUT2D eigenvalue weighted by atomic mass is 32.1. The topological polar surface area (TPSA) is 71.9 Å².